The number of rotatable bonds is 12. The molecule has 5 atom stereocenters. The number of carbonyl (C=O) groups is 4. The highest BCUT2D eigenvalue weighted by Gasteiger charge is 2.49. The number of methoxy groups -OCH3 is 1. The van der Waals surface area contributed by atoms with Crippen LogP contribution in [0.25, 0.3) is 16.6 Å². The van der Waals surface area contributed by atoms with Crippen LogP contribution < -0.4 is 15.0 Å². The molecule has 4 rings (SSSR count). The highest BCUT2D eigenvalue weighted by Crippen LogP contribution is 2.42. The summed E-state index contributed by atoms with van der Waals surface area (Å²) in [6.07, 6.45) is -4.09. The minimum absolute atomic E-state index is 0.201. The third-order valence-electron chi connectivity index (χ3n) is 7.51. The summed E-state index contributed by atoms with van der Waals surface area (Å²) >= 11 is 0. The zero-order chi connectivity index (χ0) is 32.1. The molecule has 1 fully saturated rings. The van der Waals surface area contributed by atoms with Gasteiger partial charge < -0.3 is 34.3 Å². The maximum Gasteiger partial charge on any atom is 0.303 e. The topological polar surface area (TPSA) is 201 Å². The molecule has 234 valence electrons. The number of carboxylic acids is 3. The molecule has 0 spiro atoms. The van der Waals surface area contributed by atoms with Crippen LogP contribution in [0.2, 0.25) is 0 Å². The summed E-state index contributed by atoms with van der Waals surface area (Å²) in [4.78, 5) is 64.8. The van der Waals surface area contributed by atoms with Gasteiger partial charge in [0.15, 0.2) is 0 Å². The van der Waals surface area contributed by atoms with E-state index in [-0.39, 0.29) is 17.9 Å². The Bertz CT molecular complexity index is 1620. The Balaban J connectivity index is 1.68. The monoisotopic (exact) mass is 612 g/mol. The van der Waals surface area contributed by atoms with E-state index in [1.165, 1.54) is 23.8 Å². The average molecular weight is 613 g/mol. The van der Waals surface area contributed by atoms with Crippen LogP contribution in [0.3, 0.4) is 0 Å². The van der Waals surface area contributed by atoms with Gasteiger partial charge in [-0.2, -0.15) is 0 Å². The second-order valence-corrected chi connectivity index (χ2v) is 10.4. The van der Waals surface area contributed by atoms with Crippen LogP contribution in [0.15, 0.2) is 47.3 Å². The van der Waals surface area contributed by atoms with Crippen molar-refractivity contribution < 1.29 is 53.4 Å². The fraction of sp³-hybridized carbons (Fsp3) is 0.400. The first-order valence-electron chi connectivity index (χ1n) is 13.7. The smallest absolute Gasteiger partial charge is 0.303 e. The van der Waals surface area contributed by atoms with Crippen LogP contribution >= 0.6 is 0 Å². The van der Waals surface area contributed by atoms with Crippen molar-refractivity contribution in [2.75, 3.05) is 13.7 Å². The molecule has 0 bridgehead atoms. The summed E-state index contributed by atoms with van der Waals surface area (Å²) < 4.78 is 23.9. The van der Waals surface area contributed by atoms with Gasteiger partial charge in [0.05, 0.1) is 37.1 Å². The van der Waals surface area contributed by atoms with E-state index < -0.39 is 73.3 Å². The first-order chi connectivity index (χ1) is 20.9. The summed E-state index contributed by atoms with van der Waals surface area (Å²) in [7, 11) is 1.49. The number of carboxylic acid groups (broad SMARTS) is 3. The second-order valence-electron chi connectivity index (χ2n) is 10.4. The highest BCUT2D eigenvalue weighted by atomic mass is 16.7. The van der Waals surface area contributed by atoms with Gasteiger partial charge in [-0.1, -0.05) is 6.07 Å². The number of aromatic nitrogens is 2. The van der Waals surface area contributed by atoms with Gasteiger partial charge in [0.25, 0.3) is 5.56 Å². The summed E-state index contributed by atoms with van der Waals surface area (Å²) in [5.41, 5.74) is 0.557. The third kappa shape index (κ3) is 7.14. The number of nitrogens with zero attached hydrogens (tertiary/aromatic N) is 2. The lowest BCUT2D eigenvalue weighted by atomic mass is 9.71. The van der Waals surface area contributed by atoms with Crippen molar-refractivity contribution in [1.29, 1.82) is 0 Å². The highest BCUT2D eigenvalue weighted by molar-refractivity contribution is 5.84. The Hall–Kier alpha value is -4.98. The van der Waals surface area contributed by atoms with Crippen molar-refractivity contribution >= 4 is 34.8 Å². The van der Waals surface area contributed by atoms with Crippen LogP contribution in [-0.2, 0) is 28.7 Å². The molecule has 1 aromatic heterocycles. The molecule has 3 aromatic rings. The summed E-state index contributed by atoms with van der Waals surface area (Å²) in [5.74, 6) is -6.43. The van der Waals surface area contributed by atoms with E-state index in [4.69, 9.17) is 18.9 Å². The average Bonchev–Trinajstić information content (AvgIpc) is 2.95. The van der Waals surface area contributed by atoms with Crippen molar-refractivity contribution in [3.8, 4) is 17.2 Å². The molecule has 3 N–H and O–H groups in total. The molecule has 14 heteroatoms. The fourth-order valence-corrected chi connectivity index (χ4v) is 5.65. The van der Waals surface area contributed by atoms with Gasteiger partial charge in [-0.3, -0.25) is 28.5 Å². The van der Waals surface area contributed by atoms with Gasteiger partial charge in [0.1, 0.15) is 29.4 Å². The number of ether oxygens (including phenoxy) is 4. The zero-order valence-electron chi connectivity index (χ0n) is 24.2. The lowest BCUT2D eigenvalue weighted by molar-refractivity contribution is -0.237. The Morgan fingerprint density at radius 3 is 2.11 bits per heavy atom. The van der Waals surface area contributed by atoms with Crippen LogP contribution in [0.1, 0.15) is 32.0 Å². The van der Waals surface area contributed by atoms with E-state index >= 15 is 0 Å². The van der Waals surface area contributed by atoms with Gasteiger partial charge in [0.2, 0.25) is 6.29 Å². The predicted molar refractivity (Wildman–Crippen MR) is 152 cm³/mol. The number of aliphatic carboxylic acids is 3. The van der Waals surface area contributed by atoms with Gasteiger partial charge >= 0.3 is 23.9 Å². The maximum absolute atomic E-state index is 13.4. The van der Waals surface area contributed by atoms with E-state index in [1.807, 2.05) is 0 Å². The first kappa shape index (κ1) is 31.9. The molecule has 1 aliphatic rings. The molecule has 1 saturated heterocycles. The molecule has 44 heavy (non-hydrogen) atoms. The molecule has 1 aliphatic heterocycles. The minimum Gasteiger partial charge on any atom is -0.494 e. The predicted octanol–water partition coefficient (Wildman–Crippen LogP) is 2.64. The Kier molecular flexibility index (Phi) is 9.83. The third-order valence-corrected chi connectivity index (χ3v) is 7.51. The van der Waals surface area contributed by atoms with E-state index in [9.17, 15) is 39.3 Å². The van der Waals surface area contributed by atoms with Gasteiger partial charge in [-0.15, -0.1) is 0 Å². The summed E-state index contributed by atoms with van der Waals surface area (Å²) in [5, 5.41) is 29.2. The fourth-order valence-electron chi connectivity index (χ4n) is 5.65. The number of hydrogen-bond acceptors (Lipinski definition) is 10. The van der Waals surface area contributed by atoms with Crippen molar-refractivity contribution in [2.24, 2.45) is 17.8 Å². The quantitative estimate of drug-likeness (QED) is 0.252. The summed E-state index contributed by atoms with van der Waals surface area (Å²) in [6.45, 7) is 2.44. The number of aryl methyl sites for hydroxylation is 1. The number of benzene rings is 2. The maximum atomic E-state index is 13.4. The lowest BCUT2D eigenvalue weighted by Crippen LogP contribution is -2.53. The lowest BCUT2D eigenvalue weighted by Gasteiger charge is -2.45. The van der Waals surface area contributed by atoms with Gasteiger partial charge in [-0.05, 0) is 49.2 Å². The van der Waals surface area contributed by atoms with Crippen LogP contribution in [0.4, 0.5) is 0 Å². The molecule has 14 nitrogen and oxygen atoms in total. The largest absolute Gasteiger partial charge is 0.494 e. The Morgan fingerprint density at radius 2 is 1.52 bits per heavy atom. The number of hydrogen-bond donors (Lipinski definition) is 3. The molecule has 0 radical (unpaired) electrons. The number of carbonyl (C=O) groups excluding carboxylic acids is 1. The normalized spacial score (nSPS) is 21.4. The van der Waals surface area contributed by atoms with E-state index in [2.05, 4.69) is 4.98 Å². The molecule has 2 aromatic carbocycles. The molecular formula is C30H32N2O12. The van der Waals surface area contributed by atoms with Crippen molar-refractivity contribution in [3.63, 3.8) is 0 Å². The zero-order valence-corrected chi connectivity index (χ0v) is 24.2. The van der Waals surface area contributed by atoms with Crippen LogP contribution in [-0.4, -0.2) is 74.9 Å². The number of esters is 1. The van der Waals surface area contributed by atoms with Crippen LogP contribution in [0.5, 0.6) is 11.5 Å². The second kappa shape index (κ2) is 13.5. The standard InChI is InChI=1S/C30H32N2O12/c1-15-31-28-19(5-4-6-23(28)41-3)29(40)32(15)17-7-9-18(10-8-17)43-30-22(13-27(38)39)20(11-25(34)35)21(12-26(36)37)24(44-30)14-42-16(2)33/h4-10,20-22,24,30H,11-14H2,1-3H3,(H,34,35)(H,36,37)(H,38,39)/t20-,21+,22+,24-,30-/m1/s1. The number of para-hydroxylation sites is 1. The molecule has 0 saturated carbocycles. The Morgan fingerprint density at radius 1 is 0.909 bits per heavy atom. The summed E-state index contributed by atoms with van der Waals surface area (Å²) in [6, 6.07) is 11.3. The number of fused-ring (bicyclic) bond motifs is 1. The van der Waals surface area contributed by atoms with Crippen molar-refractivity contribution in [2.45, 2.75) is 45.5 Å². The minimum atomic E-state index is -1.33. The van der Waals surface area contributed by atoms with Crippen molar-refractivity contribution in [1.82, 2.24) is 9.55 Å². The van der Waals surface area contributed by atoms with Gasteiger partial charge in [-0.25, -0.2) is 4.98 Å². The van der Waals surface area contributed by atoms with E-state index in [1.54, 1.807) is 37.3 Å². The Labute approximate surface area is 250 Å². The van der Waals surface area contributed by atoms with E-state index in [0.29, 0.717) is 28.2 Å². The first-order valence-corrected chi connectivity index (χ1v) is 13.7. The van der Waals surface area contributed by atoms with Crippen LogP contribution in [0, 0.1) is 24.7 Å². The molecule has 0 amide bonds. The van der Waals surface area contributed by atoms with E-state index in [0.717, 1.165) is 6.92 Å². The molecule has 2 heterocycles. The molecular weight excluding hydrogens is 580 g/mol. The molecule has 0 unspecified atom stereocenters. The molecule has 0 aliphatic carbocycles. The SMILES string of the molecule is COc1cccc2c(=O)n(-c3ccc(O[C@@H]4O[C@H](COC(C)=O)[C@@H](CC(=O)O)[C@@H](CC(=O)O)[C@@H]4CC(=O)O)cc3)c(C)nc12. The van der Waals surface area contributed by atoms with Crippen molar-refractivity contribution in [3.05, 3.63) is 58.6 Å². The van der Waals surface area contributed by atoms with Gasteiger partial charge in [0, 0.05) is 25.2 Å².